The van der Waals surface area contributed by atoms with Gasteiger partial charge in [0.25, 0.3) is 0 Å². The van der Waals surface area contributed by atoms with E-state index in [1.54, 1.807) is 19.2 Å². The summed E-state index contributed by atoms with van der Waals surface area (Å²) in [6.07, 6.45) is 0. The maximum absolute atomic E-state index is 12.4. The molecule has 0 fully saturated rings. The highest BCUT2D eigenvalue weighted by atomic mass is 79.9. The van der Waals surface area contributed by atoms with Crippen molar-refractivity contribution in [1.29, 1.82) is 0 Å². The van der Waals surface area contributed by atoms with Gasteiger partial charge in [0, 0.05) is 16.9 Å². The first-order valence-electron chi connectivity index (χ1n) is 5.59. The molecule has 0 heterocycles. The maximum atomic E-state index is 12.4. The van der Waals surface area contributed by atoms with E-state index in [2.05, 4.69) is 15.9 Å². The summed E-state index contributed by atoms with van der Waals surface area (Å²) in [5.74, 6) is 0.687. The van der Waals surface area contributed by atoms with E-state index in [9.17, 15) is 4.79 Å². The fourth-order valence-electron chi connectivity index (χ4n) is 1.75. The molecule has 3 nitrogen and oxygen atoms in total. The van der Waals surface area contributed by atoms with Gasteiger partial charge in [-0.05, 0) is 24.1 Å². The van der Waals surface area contributed by atoms with Crippen molar-refractivity contribution < 1.29 is 9.53 Å². The molecule has 0 saturated carbocycles. The van der Waals surface area contributed by atoms with Crippen LogP contribution < -0.4 is 10.5 Å². The molecule has 0 amide bonds. The van der Waals surface area contributed by atoms with Crippen molar-refractivity contribution in [3.8, 4) is 5.75 Å². The molecule has 0 aromatic heterocycles. The summed E-state index contributed by atoms with van der Waals surface area (Å²) in [5.41, 5.74) is 6.26. The number of carbonyl (C=O) groups excluding carboxylic acids is 1. The van der Waals surface area contributed by atoms with E-state index in [4.69, 9.17) is 10.5 Å². The van der Waals surface area contributed by atoms with Crippen molar-refractivity contribution in [2.45, 2.75) is 13.8 Å². The standard InChI is InChI=1S/C13H18BrNO2/c1-8(2)11(7-15)13(16)10-6-9(14)4-5-12(10)17-3/h4-6,8,11H,7,15H2,1-3H3. The Balaban J connectivity index is 3.13. The molecular formula is C13H18BrNO2. The van der Waals surface area contributed by atoms with Crippen LogP contribution in [-0.4, -0.2) is 19.4 Å². The van der Waals surface area contributed by atoms with Crippen molar-refractivity contribution in [1.82, 2.24) is 0 Å². The van der Waals surface area contributed by atoms with Crippen molar-refractivity contribution in [3.05, 3.63) is 28.2 Å². The van der Waals surface area contributed by atoms with E-state index in [-0.39, 0.29) is 17.6 Å². The highest BCUT2D eigenvalue weighted by Crippen LogP contribution is 2.27. The number of carbonyl (C=O) groups is 1. The first-order chi connectivity index (χ1) is 8.01. The van der Waals surface area contributed by atoms with Crippen LogP contribution in [0.3, 0.4) is 0 Å². The molecule has 2 N–H and O–H groups in total. The molecule has 0 aliphatic carbocycles. The number of rotatable bonds is 5. The number of hydrogen-bond acceptors (Lipinski definition) is 3. The SMILES string of the molecule is COc1ccc(Br)cc1C(=O)C(CN)C(C)C. The monoisotopic (exact) mass is 299 g/mol. The summed E-state index contributed by atoms with van der Waals surface area (Å²) >= 11 is 3.36. The lowest BCUT2D eigenvalue weighted by atomic mass is 9.88. The van der Waals surface area contributed by atoms with Gasteiger partial charge in [0.05, 0.1) is 12.7 Å². The normalized spacial score (nSPS) is 12.6. The molecule has 1 unspecified atom stereocenters. The topological polar surface area (TPSA) is 52.3 Å². The number of ketones is 1. The summed E-state index contributed by atoms with van der Waals surface area (Å²) < 4.78 is 6.08. The molecule has 0 radical (unpaired) electrons. The minimum atomic E-state index is -0.168. The Hall–Kier alpha value is -0.870. The largest absolute Gasteiger partial charge is 0.496 e. The van der Waals surface area contributed by atoms with E-state index in [0.717, 1.165) is 4.47 Å². The third-order valence-corrected chi connectivity index (χ3v) is 3.32. The zero-order chi connectivity index (χ0) is 13.0. The Morgan fingerprint density at radius 2 is 2.12 bits per heavy atom. The molecule has 4 heteroatoms. The summed E-state index contributed by atoms with van der Waals surface area (Å²) in [6, 6.07) is 5.42. The van der Waals surface area contributed by atoms with Gasteiger partial charge in [-0.1, -0.05) is 29.8 Å². The van der Waals surface area contributed by atoms with Crippen LogP contribution in [0.2, 0.25) is 0 Å². The molecule has 1 aromatic carbocycles. The molecular weight excluding hydrogens is 282 g/mol. The van der Waals surface area contributed by atoms with Crippen molar-refractivity contribution in [2.75, 3.05) is 13.7 Å². The molecule has 1 atom stereocenters. The average molecular weight is 300 g/mol. The number of nitrogens with two attached hydrogens (primary N) is 1. The molecule has 1 aromatic rings. The van der Waals surface area contributed by atoms with Gasteiger partial charge in [-0.2, -0.15) is 0 Å². The molecule has 0 saturated heterocycles. The summed E-state index contributed by atoms with van der Waals surface area (Å²) in [6.45, 7) is 4.35. The van der Waals surface area contributed by atoms with E-state index in [0.29, 0.717) is 17.9 Å². The first-order valence-corrected chi connectivity index (χ1v) is 6.38. The van der Waals surface area contributed by atoms with Crippen molar-refractivity contribution >= 4 is 21.7 Å². The summed E-state index contributed by atoms with van der Waals surface area (Å²) in [4.78, 5) is 12.4. The molecule has 0 aliphatic heterocycles. The zero-order valence-corrected chi connectivity index (χ0v) is 12.0. The van der Waals surface area contributed by atoms with Crippen molar-refractivity contribution in [2.24, 2.45) is 17.6 Å². The Morgan fingerprint density at radius 1 is 1.47 bits per heavy atom. The molecule has 1 rings (SSSR count). The molecule has 0 bridgehead atoms. The highest BCUT2D eigenvalue weighted by Gasteiger charge is 2.24. The van der Waals surface area contributed by atoms with E-state index in [1.807, 2.05) is 19.9 Å². The summed E-state index contributed by atoms with van der Waals surface area (Å²) in [5, 5.41) is 0. The van der Waals surface area contributed by atoms with Gasteiger partial charge in [-0.25, -0.2) is 0 Å². The Bertz CT molecular complexity index is 404. The fourth-order valence-corrected chi connectivity index (χ4v) is 2.12. The van der Waals surface area contributed by atoms with Gasteiger partial charge in [0.15, 0.2) is 5.78 Å². The lowest BCUT2D eigenvalue weighted by Crippen LogP contribution is -2.28. The van der Waals surface area contributed by atoms with E-state index in [1.165, 1.54) is 0 Å². The zero-order valence-electron chi connectivity index (χ0n) is 10.4. The third-order valence-electron chi connectivity index (χ3n) is 2.82. The molecule has 0 spiro atoms. The summed E-state index contributed by atoms with van der Waals surface area (Å²) in [7, 11) is 1.56. The van der Waals surface area contributed by atoms with Crippen LogP contribution in [-0.2, 0) is 0 Å². The van der Waals surface area contributed by atoms with Crippen LogP contribution in [0.4, 0.5) is 0 Å². The minimum Gasteiger partial charge on any atom is -0.496 e. The van der Waals surface area contributed by atoms with Gasteiger partial charge in [-0.15, -0.1) is 0 Å². The quantitative estimate of drug-likeness (QED) is 0.851. The van der Waals surface area contributed by atoms with Gasteiger partial charge in [0.1, 0.15) is 5.75 Å². The Labute approximate surface area is 110 Å². The van der Waals surface area contributed by atoms with Crippen LogP contribution in [0.1, 0.15) is 24.2 Å². The number of Topliss-reactive ketones (excluding diaryl/α,β-unsaturated/α-hetero) is 1. The van der Waals surface area contributed by atoms with E-state index >= 15 is 0 Å². The highest BCUT2D eigenvalue weighted by molar-refractivity contribution is 9.10. The fraction of sp³-hybridized carbons (Fsp3) is 0.462. The number of halogens is 1. The lowest BCUT2D eigenvalue weighted by Gasteiger charge is -2.19. The first kappa shape index (κ1) is 14.2. The molecule has 94 valence electrons. The third kappa shape index (κ3) is 3.30. The van der Waals surface area contributed by atoms with Crippen LogP contribution in [0.15, 0.2) is 22.7 Å². The number of ether oxygens (including phenoxy) is 1. The molecule has 17 heavy (non-hydrogen) atoms. The predicted molar refractivity (Wildman–Crippen MR) is 72.4 cm³/mol. The minimum absolute atomic E-state index is 0.0423. The molecule has 0 aliphatic rings. The number of methoxy groups -OCH3 is 1. The second-order valence-corrected chi connectivity index (χ2v) is 5.21. The predicted octanol–water partition coefficient (Wildman–Crippen LogP) is 2.87. The van der Waals surface area contributed by atoms with Gasteiger partial charge < -0.3 is 10.5 Å². The van der Waals surface area contributed by atoms with E-state index < -0.39 is 0 Å². The number of benzene rings is 1. The number of hydrogen-bond donors (Lipinski definition) is 1. The average Bonchev–Trinajstić information content (AvgIpc) is 2.29. The van der Waals surface area contributed by atoms with Crippen molar-refractivity contribution in [3.63, 3.8) is 0 Å². The smallest absolute Gasteiger partial charge is 0.171 e. The van der Waals surface area contributed by atoms with Crippen LogP contribution in [0.25, 0.3) is 0 Å². The van der Waals surface area contributed by atoms with Crippen LogP contribution in [0, 0.1) is 11.8 Å². The van der Waals surface area contributed by atoms with Gasteiger partial charge in [-0.3, -0.25) is 4.79 Å². The lowest BCUT2D eigenvalue weighted by molar-refractivity contribution is 0.0889. The Kier molecular flexibility index (Phi) is 5.15. The Morgan fingerprint density at radius 3 is 2.59 bits per heavy atom. The maximum Gasteiger partial charge on any atom is 0.171 e. The van der Waals surface area contributed by atoms with Crippen LogP contribution >= 0.6 is 15.9 Å². The van der Waals surface area contributed by atoms with Crippen LogP contribution in [0.5, 0.6) is 5.75 Å². The second kappa shape index (κ2) is 6.17. The van der Waals surface area contributed by atoms with Gasteiger partial charge in [0.2, 0.25) is 0 Å². The second-order valence-electron chi connectivity index (χ2n) is 4.30. The van der Waals surface area contributed by atoms with Gasteiger partial charge >= 0.3 is 0 Å².